The van der Waals surface area contributed by atoms with Gasteiger partial charge < -0.3 is 4.74 Å². The van der Waals surface area contributed by atoms with E-state index in [2.05, 4.69) is 51.1 Å². The first kappa shape index (κ1) is 26.0. The Morgan fingerprint density at radius 3 is 2.32 bits per heavy atom. The van der Waals surface area contributed by atoms with Crippen molar-refractivity contribution in [3.63, 3.8) is 0 Å². The number of hydrogen-bond donors (Lipinski definition) is 0. The van der Waals surface area contributed by atoms with Crippen LogP contribution in [-0.2, 0) is 17.6 Å². The molecular weight excluding hydrogens is 418 g/mol. The van der Waals surface area contributed by atoms with Gasteiger partial charge in [0.15, 0.2) is 0 Å². The lowest BCUT2D eigenvalue weighted by Crippen LogP contribution is -2.25. The molecule has 1 fully saturated rings. The van der Waals surface area contributed by atoms with Crippen LogP contribution < -0.4 is 4.74 Å². The maximum atomic E-state index is 12.8. The minimum atomic E-state index is -0.188. The molecule has 0 aliphatic heterocycles. The highest BCUT2D eigenvalue weighted by Crippen LogP contribution is 2.37. The Kier molecular flexibility index (Phi) is 10.2. The minimum Gasteiger partial charge on any atom is -0.425 e. The highest BCUT2D eigenvalue weighted by Gasteiger charge is 2.29. The van der Waals surface area contributed by atoms with E-state index in [4.69, 9.17) is 4.74 Å². The molecule has 1 aliphatic rings. The molecule has 3 rings (SSSR count). The van der Waals surface area contributed by atoms with Gasteiger partial charge in [-0.15, -0.1) is 0 Å². The van der Waals surface area contributed by atoms with Crippen molar-refractivity contribution in [2.45, 2.75) is 97.3 Å². The van der Waals surface area contributed by atoms with Gasteiger partial charge in [0.2, 0.25) is 0 Å². The number of benzene rings is 2. The van der Waals surface area contributed by atoms with E-state index in [9.17, 15) is 10.1 Å². The average Bonchev–Trinajstić information content (AvgIpc) is 2.86. The standard InChI is InChI=1S/C31H41NO2/c1-4-5-6-7-8-24-11-14-26(15-12-24)27-16-18-28(19-17-27)31(33)34-30-20-13-25(10-9-23(2)3)21-29(30)22-32/h11-15,20-21,23,27-28H,4-10,16-19H2,1-3H3. The van der Waals surface area contributed by atoms with Crippen LogP contribution in [0.1, 0.15) is 107 Å². The largest absolute Gasteiger partial charge is 0.425 e. The highest BCUT2D eigenvalue weighted by molar-refractivity contribution is 5.76. The van der Waals surface area contributed by atoms with Crippen LogP contribution in [-0.4, -0.2) is 5.97 Å². The molecule has 0 amide bonds. The minimum absolute atomic E-state index is 0.0822. The van der Waals surface area contributed by atoms with Crippen molar-refractivity contribution in [2.75, 3.05) is 0 Å². The van der Waals surface area contributed by atoms with E-state index in [1.54, 1.807) is 6.07 Å². The van der Waals surface area contributed by atoms with Crippen LogP contribution >= 0.6 is 0 Å². The zero-order valence-corrected chi connectivity index (χ0v) is 21.3. The Bertz CT molecular complexity index is 946. The third-order valence-corrected chi connectivity index (χ3v) is 7.22. The topological polar surface area (TPSA) is 50.1 Å². The summed E-state index contributed by atoms with van der Waals surface area (Å²) in [5, 5.41) is 9.55. The summed E-state index contributed by atoms with van der Waals surface area (Å²) in [7, 11) is 0. The number of nitrogens with zero attached hydrogens (tertiary/aromatic N) is 1. The summed E-state index contributed by atoms with van der Waals surface area (Å²) in [5.74, 6) is 1.27. The Morgan fingerprint density at radius 1 is 0.971 bits per heavy atom. The van der Waals surface area contributed by atoms with Crippen molar-refractivity contribution >= 4 is 5.97 Å². The lowest BCUT2D eigenvalue weighted by molar-refractivity contribution is -0.140. The molecule has 3 nitrogen and oxygen atoms in total. The molecule has 1 aliphatic carbocycles. The number of carbonyl (C=O) groups excluding carboxylic acids is 1. The number of nitriles is 1. The van der Waals surface area contributed by atoms with Crippen LogP contribution in [0.2, 0.25) is 0 Å². The number of aryl methyl sites for hydroxylation is 2. The molecule has 0 unspecified atom stereocenters. The Hall–Kier alpha value is -2.60. The lowest BCUT2D eigenvalue weighted by Gasteiger charge is -2.27. The fraction of sp³-hybridized carbons (Fsp3) is 0.548. The first-order valence-corrected chi connectivity index (χ1v) is 13.3. The second-order valence-electron chi connectivity index (χ2n) is 10.4. The zero-order valence-electron chi connectivity index (χ0n) is 21.3. The molecule has 182 valence electrons. The lowest BCUT2D eigenvalue weighted by atomic mass is 9.78. The van der Waals surface area contributed by atoms with Crippen LogP contribution in [0.15, 0.2) is 42.5 Å². The quantitative estimate of drug-likeness (QED) is 0.193. The first-order valence-electron chi connectivity index (χ1n) is 13.3. The molecule has 0 saturated heterocycles. The Morgan fingerprint density at radius 2 is 1.68 bits per heavy atom. The van der Waals surface area contributed by atoms with Crippen molar-refractivity contribution in [3.8, 4) is 11.8 Å². The fourth-order valence-corrected chi connectivity index (χ4v) is 4.93. The van der Waals surface area contributed by atoms with Crippen molar-refractivity contribution < 1.29 is 9.53 Å². The van der Waals surface area contributed by atoms with Crippen molar-refractivity contribution in [2.24, 2.45) is 11.8 Å². The number of unbranched alkanes of at least 4 members (excludes halogenated alkanes) is 3. The highest BCUT2D eigenvalue weighted by atomic mass is 16.5. The van der Waals surface area contributed by atoms with E-state index in [0.717, 1.165) is 44.1 Å². The van der Waals surface area contributed by atoms with Gasteiger partial charge in [0.05, 0.1) is 11.5 Å². The third-order valence-electron chi connectivity index (χ3n) is 7.22. The second-order valence-corrected chi connectivity index (χ2v) is 10.4. The molecule has 1 saturated carbocycles. The summed E-state index contributed by atoms with van der Waals surface area (Å²) in [6, 6.07) is 17.0. The molecular formula is C31H41NO2. The number of ether oxygens (including phenoxy) is 1. The summed E-state index contributed by atoms with van der Waals surface area (Å²) >= 11 is 0. The molecule has 0 spiro atoms. The van der Waals surface area contributed by atoms with Gasteiger partial charge >= 0.3 is 5.97 Å². The maximum Gasteiger partial charge on any atom is 0.314 e. The van der Waals surface area contributed by atoms with Crippen LogP contribution in [0.3, 0.4) is 0 Å². The first-order chi connectivity index (χ1) is 16.5. The van der Waals surface area contributed by atoms with E-state index in [0.29, 0.717) is 23.1 Å². The van der Waals surface area contributed by atoms with Crippen molar-refractivity contribution in [3.05, 3.63) is 64.7 Å². The van der Waals surface area contributed by atoms with E-state index in [1.807, 2.05) is 12.1 Å². The predicted octanol–water partition coefficient (Wildman–Crippen LogP) is 8.15. The van der Waals surface area contributed by atoms with Gasteiger partial charge in [0.25, 0.3) is 0 Å². The van der Waals surface area contributed by atoms with Gasteiger partial charge in [-0.3, -0.25) is 4.79 Å². The van der Waals surface area contributed by atoms with Gasteiger partial charge in [0, 0.05) is 0 Å². The summed E-state index contributed by atoms with van der Waals surface area (Å²) in [5.41, 5.74) is 4.41. The Balaban J connectivity index is 1.49. The summed E-state index contributed by atoms with van der Waals surface area (Å²) in [4.78, 5) is 12.8. The van der Waals surface area contributed by atoms with Gasteiger partial charge in [-0.1, -0.05) is 70.4 Å². The van der Waals surface area contributed by atoms with Crippen molar-refractivity contribution in [1.82, 2.24) is 0 Å². The zero-order chi connectivity index (χ0) is 24.3. The number of esters is 1. The molecule has 2 aromatic rings. The predicted molar refractivity (Wildman–Crippen MR) is 139 cm³/mol. The molecule has 2 aromatic carbocycles. The molecule has 0 bridgehead atoms. The van der Waals surface area contributed by atoms with Gasteiger partial charge in [0.1, 0.15) is 11.8 Å². The van der Waals surface area contributed by atoms with Crippen LogP contribution in [0.4, 0.5) is 0 Å². The van der Waals surface area contributed by atoms with Gasteiger partial charge in [-0.25, -0.2) is 0 Å². The Labute approximate surface area is 206 Å². The fourth-order valence-electron chi connectivity index (χ4n) is 4.93. The van der Waals surface area contributed by atoms with Crippen LogP contribution in [0, 0.1) is 23.2 Å². The smallest absolute Gasteiger partial charge is 0.314 e. The van der Waals surface area contributed by atoms with Crippen molar-refractivity contribution in [1.29, 1.82) is 5.26 Å². The SMILES string of the molecule is CCCCCCc1ccc(C2CCC(C(=O)Oc3ccc(CCC(C)C)cc3C#N)CC2)cc1. The van der Waals surface area contributed by atoms with E-state index in [-0.39, 0.29) is 11.9 Å². The molecule has 0 N–H and O–H groups in total. The van der Waals surface area contributed by atoms with Gasteiger partial charge in [-0.2, -0.15) is 5.26 Å². The molecule has 0 radical (unpaired) electrons. The third kappa shape index (κ3) is 7.73. The molecule has 34 heavy (non-hydrogen) atoms. The number of carbonyl (C=O) groups is 1. The maximum absolute atomic E-state index is 12.8. The number of rotatable bonds is 11. The van der Waals surface area contributed by atoms with E-state index in [1.165, 1.54) is 43.2 Å². The summed E-state index contributed by atoms with van der Waals surface area (Å²) < 4.78 is 5.71. The van der Waals surface area contributed by atoms with E-state index >= 15 is 0 Å². The monoisotopic (exact) mass is 459 g/mol. The molecule has 0 atom stereocenters. The molecule has 0 heterocycles. The van der Waals surface area contributed by atoms with Crippen LogP contribution in [0.5, 0.6) is 5.75 Å². The molecule has 0 aromatic heterocycles. The summed E-state index contributed by atoms with van der Waals surface area (Å²) in [6.45, 7) is 6.64. The number of hydrogen-bond acceptors (Lipinski definition) is 3. The average molecular weight is 460 g/mol. The van der Waals surface area contributed by atoms with Gasteiger partial charge in [-0.05, 0) is 92.0 Å². The van der Waals surface area contributed by atoms with E-state index < -0.39 is 0 Å². The molecule has 3 heteroatoms. The second kappa shape index (κ2) is 13.3. The van der Waals surface area contributed by atoms with Crippen LogP contribution in [0.25, 0.3) is 0 Å². The normalized spacial score (nSPS) is 18.0. The summed E-state index contributed by atoms with van der Waals surface area (Å²) in [6.07, 6.45) is 12.1.